The first-order valence-electron chi connectivity index (χ1n) is 14.1. The van der Waals surface area contributed by atoms with E-state index < -0.39 is 23.4 Å². The van der Waals surface area contributed by atoms with Crippen molar-refractivity contribution in [2.45, 2.75) is 38.3 Å². The Bertz CT molecular complexity index is 1830. The van der Waals surface area contributed by atoms with Gasteiger partial charge < -0.3 is 10.2 Å². The van der Waals surface area contributed by atoms with E-state index in [0.717, 1.165) is 33.5 Å². The predicted octanol–water partition coefficient (Wildman–Crippen LogP) is 7.20. The molecule has 7 rings (SSSR count). The molecule has 6 heteroatoms. The lowest BCUT2D eigenvalue weighted by Gasteiger charge is -2.39. The molecule has 42 heavy (non-hydrogen) atoms. The standard InChI is InChI=1S/C36H29ClN2O3/c1-20-8-11-24(12-9-20)34(41)32-31(33(40)23-13-15-25(37)16-14-23)36(27-6-4-5-7-28(27)38-35(36)42)30-19-22(3)26-18-21(2)10-17-29(26)39(30)32/h4-19,30-32H,1-3H3,(H,38,42)/t30-,31+,32-,36-/m1/s1. The number of allylic oxidation sites excluding steroid dienone is 1. The molecular weight excluding hydrogens is 544 g/mol. The summed E-state index contributed by atoms with van der Waals surface area (Å²) >= 11 is 6.20. The molecule has 208 valence electrons. The number of benzene rings is 4. The molecule has 0 unspecified atom stereocenters. The van der Waals surface area contributed by atoms with E-state index >= 15 is 0 Å². The van der Waals surface area contributed by atoms with E-state index in [1.165, 1.54) is 0 Å². The van der Waals surface area contributed by atoms with Crippen LogP contribution < -0.4 is 10.2 Å². The van der Waals surface area contributed by atoms with Gasteiger partial charge in [0.25, 0.3) is 0 Å². The number of hydrogen-bond acceptors (Lipinski definition) is 4. The zero-order valence-corrected chi connectivity index (χ0v) is 24.3. The SMILES string of the molecule is CC1=C[C@H]2N(c3ccc(C)cc31)[C@@H](C(=O)c1ccc(C)cc1)[C@@H](C(=O)c1ccc(Cl)cc1)[C@]21C(=O)Nc2ccccc21. The fraction of sp³-hybridized carbons (Fsp3) is 0.194. The van der Waals surface area contributed by atoms with Crippen molar-refractivity contribution in [3.05, 3.63) is 135 Å². The quantitative estimate of drug-likeness (QED) is 0.263. The van der Waals surface area contributed by atoms with Crippen molar-refractivity contribution >= 4 is 46.0 Å². The average molecular weight is 573 g/mol. The molecule has 0 radical (unpaired) electrons. The highest BCUT2D eigenvalue weighted by molar-refractivity contribution is 6.30. The van der Waals surface area contributed by atoms with Crippen LogP contribution in [-0.2, 0) is 10.2 Å². The summed E-state index contributed by atoms with van der Waals surface area (Å²) in [7, 11) is 0. The predicted molar refractivity (Wildman–Crippen MR) is 166 cm³/mol. The Morgan fingerprint density at radius 2 is 1.45 bits per heavy atom. The van der Waals surface area contributed by atoms with Gasteiger partial charge in [-0.2, -0.15) is 0 Å². The highest BCUT2D eigenvalue weighted by atomic mass is 35.5. The number of Topliss-reactive ketones (excluding diaryl/α,β-unsaturated/α-hetero) is 2. The first kappa shape index (κ1) is 26.4. The maximum Gasteiger partial charge on any atom is 0.238 e. The van der Waals surface area contributed by atoms with Gasteiger partial charge in [-0.05, 0) is 74.4 Å². The Kier molecular flexibility index (Phi) is 6.00. The smallest absolute Gasteiger partial charge is 0.238 e. The molecule has 0 bridgehead atoms. The molecule has 4 aromatic rings. The lowest BCUT2D eigenvalue weighted by molar-refractivity contribution is -0.121. The van der Waals surface area contributed by atoms with Crippen molar-refractivity contribution in [3.63, 3.8) is 0 Å². The molecule has 3 aliphatic rings. The minimum absolute atomic E-state index is 0.194. The number of nitrogens with zero attached hydrogens (tertiary/aromatic N) is 1. The Labute approximate surface area is 249 Å². The minimum atomic E-state index is -1.35. The summed E-state index contributed by atoms with van der Waals surface area (Å²) in [5.74, 6) is -1.75. The van der Waals surface area contributed by atoms with Crippen LogP contribution in [-0.4, -0.2) is 29.6 Å². The number of hydrogen-bond donors (Lipinski definition) is 1. The Hall–Kier alpha value is -4.48. The van der Waals surface area contributed by atoms with Gasteiger partial charge in [0.15, 0.2) is 11.6 Å². The van der Waals surface area contributed by atoms with E-state index in [1.807, 2.05) is 86.3 Å². The number of halogens is 1. The van der Waals surface area contributed by atoms with Crippen LogP contribution in [0.2, 0.25) is 5.02 Å². The molecule has 5 nitrogen and oxygen atoms in total. The second-order valence-corrected chi connectivity index (χ2v) is 12.1. The van der Waals surface area contributed by atoms with Crippen LogP contribution in [0.1, 0.15) is 49.9 Å². The van der Waals surface area contributed by atoms with Gasteiger partial charge in [0.05, 0.1) is 12.0 Å². The number of rotatable bonds is 4. The van der Waals surface area contributed by atoms with Crippen molar-refractivity contribution in [2.24, 2.45) is 5.92 Å². The lowest BCUT2D eigenvalue weighted by atomic mass is 9.64. The van der Waals surface area contributed by atoms with Crippen molar-refractivity contribution < 1.29 is 14.4 Å². The molecule has 0 aliphatic carbocycles. The summed E-state index contributed by atoms with van der Waals surface area (Å²) < 4.78 is 0. The molecule has 1 saturated heterocycles. The number of anilines is 2. The highest BCUT2D eigenvalue weighted by Crippen LogP contribution is 2.59. The van der Waals surface area contributed by atoms with Crippen LogP contribution in [0.4, 0.5) is 11.4 Å². The molecule has 1 amide bonds. The Balaban J connectivity index is 1.55. The number of ketones is 2. The summed E-state index contributed by atoms with van der Waals surface area (Å²) in [4.78, 5) is 46.1. The van der Waals surface area contributed by atoms with Gasteiger partial charge in [0, 0.05) is 33.1 Å². The van der Waals surface area contributed by atoms with Crippen LogP contribution in [0.25, 0.3) is 5.57 Å². The fourth-order valence-electron chi connectivity index (χ4n) is 7.23. The normalized spacial score (nSPS) is 23.6. The number of nitrogens with one attached hydrogen (secondary N) is 1. The van der Waals surface area contributed by atoms with Crippen molar-refractivity contribution in [3.8, 4) is 0 Å². The third-order valence-electron chi connectivity index (χ3n) is 9.15. The van der Waals surface area contributed by atoms with Crippen LogP contribution in [0.5, 0.6) is 0 Å². The summed E-state index contributed by atoms with van der Waals surface area (Å²) in [6.45, 7) is 6.04. The third kappa shape index (κ3) is 3.66. The summed E-state index contributed by atoms with van der Waals surface area (Å²) in [6.07, 6.45) is 2.08. The molecule has 0 saturated carbocycles. The van der Waals surface area contributed by atoms with Crippen molar-refractivity contribution in [1.82, 2.24) is 0 Å². The molecule has 4 aromatic carbocycles. The van der Waals surface area contributed by atoms with Crippen molar-refractivity contribution in [1.29, 1.82) is 0 Å². The van der Waals surface area contributed by atoms with E-state index in [9.17, 15) is 14.4 Å². The van der Waals surface area contributed by atoms with Gasteiger partial charge in [-0.1, -0.05) is 77.3 Å². The third-order valence-corrected chi connectivity index (χ3v) is 9.40. The van der Waals surface area contributed by atoms with E-state index in [2.05, 4.69) is 17.5 Å². The molecule has 3 heterocycles. The number of carbonyl (C=O) groups is 3. The second-order valence-electron chi connectivity index (χ2n) is 11.6. The van der Waals surface area contributed by atoms with Gasteiger partial charge in [0.2, 0.25) is 5.91 Å². The number of amides is 1. The van der Waals surface area contributed by atoms with Gasteiger partial charge >= 0.3 is 0 Å². The number of aryl methyl sites for hydroxylation is 2. The molecule has 1 N–H and O–H groups in total. The van der Waals surface area contributed by atoms with E-state index in [1.54, 1.807) is 24.3 Å². The van der Waals surface area contributed by atoms with Crippen LogP contribution in [0.3, 0.4) is 0 Å². The summed E-state index contributed by atoms with van der Waals surface area (Å²) in [6, 6.07) is 26.3. The average Bonchev–Trinajstić information content (AvgIpc) is 3.45. The van der Waals surface area contributed by atoms with Crippen LogP contribution >= 0.6 is 11.6 Å². The molecule has 1 fully saturated rings. The first-order chi connectivity index (χ1) is 20.2. The largest absolute Gasteiger partial charge is 0.352 e. The second kappa shape index (κ2) is 9.53. The topological polar surface area (TPSA) is 66.5 Å². The van der Waals surface area contributed by atoms with Crippen molar-refractivity contribution in [2.75, 3.05) is 10.2 Å². The number of fused-ring (bicyclic) bond motifs is 6. The van der Waals surface area contributed by atoms with E-state index in [0.29, 0.717) is 21.8 Å². The van der Waals surface area contributed by atoms with Gasteiger partial charge in [-0.3, -0.25) is 14.4 Å². The van der Waals surface area contributed by atoms with Gasteiger partial charge in [-0.25, -0.2) is 0 Å². The molecular formula is C36H29ClN2O3. The molecule has 4 atom stereocenters. The summed E-state index contributed by atoms with van der Waals surface area (Å²) in [5, 5.41) is 3.59. The molecule has 3 aliphatic heterocycles. The maximum absolute atomic E-state index is 14.8. The monoisotopic (exact) mass is 572 g/mol. The lowest BCUT2D eigenvalue weighted by Crippen LogP contribution is -2.51. The molecule has 0 aromatic heterocycles. The number of para-hydroxylation sites is 1. The highest BCUT2D eigenvalue weighted by Gasteiger charge is 2.70. The minimum Gasteiger partial charge on any atom is -0.352 e. The van der Waals surface area contributed by atoms with Crippen LogP contribution in [0, 0.1) is 19.8 Å². The maximum atomic E-state index is 14.8. The van der Waals surface area contributed by atoms with Crippen LogP contribution in [0.15, 0.2) is 97.1 Å². The number of carbonyl (C=O) groups excluding carboxylic acids is 3. The Morgan fingerprint density at radius 3 is 2.19 bits per heavy atom. The zero-order valence-electron chi connectivity index (χ0n) is 23.5. The first-order valence-corrected chi connectivity index (χ1v) is 14.5. The summed E-state index contributed by atoms with van der Waals surface area (Å²) in [5.41, 5.74) is 5.94. The van der Waals surface area contributed by atoms with E-state index in [4.69, 9.17) is 11.6 Å². The molecule has 1 spiro atoms. The zero-order chi connectivity index (χ0) is 29.3. The fourth-order valence-corrected chi connectivity index (χ4v) is 7.35. The van der Waals surface area contributed by atoms with E-state index in [-0.39, 0.29) is 17.5 Å². The van der Waals surface area contributed by atoms with Gasteiger partial charge in [-0.15, -0.1) is 0 Å². The Morgan fingerprint density at radius 1 is 0.810 bits per heavy atom. The van der Waals surface area contributed by atoms with Gasteiger partial charge in [0.1, 0.15) is 11.5 Å².